The van der Waals surface area contributed by atoms with Crippen molar-refractivity contribution in [2.24, 2.45) is 0 Å². The number of anilines is 2. The first-order chi connectivity index (χ1) is 15.3. The van der Waals surface area contributed by atoms with E-state index in [1.807, 2.05) is 61.1 Å². The molecule has 0 atom stereocenters. The number of aromatic nitrogens is 4. The van der Waals surface area contributed by atoms with Crippen LogP contribution in [0, 0.1) is 6.92 Å². The molecule has 31 heavy (non-hydrogen) atoms. The average molecular weight is 409 g/mol. The molecule has 1 aliphatic heterocycles. The Labute approximate surface area is 182 Å². The molecule has 0 saturated carbocycles. The highest BCUT2D eigenvalue weighted by Crippen LogP contribution is 2.36. The van der Waals surface area contributed by atoms with Gasteiger partial charge < -0.3 is 9.80 Å². The molecule has 6 nitrogen and oxygen atoms in total. The topological polar surface area (TPSA) is 58.0 Å². The Morgan fingerprint density at radius 1 is 0.677 bits per heavy atom. The van der Waals surface area contributed by atoms with E-state index in [1.54, 1.807) is 0 Å². The molecule has 154 valence electrons. The summed E-state index contributed by atoms with van der Waals surface area (Å²) in [5, 5.41) is 9.39. The van der Waals surface area contributed by atoms with Gasteiger partial charge in [-0.1, -0.05) is 36.4 Å². The molecule has 1 aromatic carbocycles. The SMILES string of the molecule is Cc1c(N2CCN(c3ccccn3)CC2)nnc(-c2ccccc2)c1-c1ccncc1. The molecule has 0 radical (unpaired) electrons. The van der Waals surface area contributed by atoms with Gasteiger partial charge in [-0.15, -0.1) is 10.2 Å². The zero-order chi connectivity index (χ0) is 21.0. The predicted molar refractivity (Wildman–Crippen MR) is 124 cm³/mol. The molecule has 0 bridgehead atoms. The number of hydrogen-bond acceptors (Lipinski definition) is 6. The standard InChI is InChI=1S/C25H24N6/c1-19-23(20-10-13-26-14-11-20)24(21-7-3-2-4-8-21)28-29-25(19)31-17-15-30(16-18-31)22-9-5-6-12-27-22/h2-14H,15-18H2,1H3. The third-order valence-electron chi connectivity index (χ3n) is 5.76. The monoisotopic (exact) mass is 408 g/mol. The van der Waals surface area contributed by atoms with E-state index in [-0.39, 0.29) is 0 Å². The second-order valence-corrected chi connectivity index (χ2v) is 7.64. The minimum Gasteiger partial charge on any atom is -0.353 e. The molecule has 4 aromatic rings. The first-order valence-corrected chi connectivity index (χ1v) is 10.6. The summed E-state index contributed by atoms with van der Waals surface area (Å²) in [5.74, 6) is 1.98. The van der Waals surface area contributed by atoms with Crippen LogP contribution in [-0.2, 0) is 0 Å². The highest BCUT2D eigenvalue weighted by molar-refractivity contribution is 5.85. The van der Waals surface area contributed by atoms with Crippen LogP contribution in [-0.4, -0.2) is 46.3 Å². The van der Waals surface area contributed by atoms with E-state index >= 15 is 0 Å². The molecule has 6 heteroatoms. The van der Waals surface area contributed by atoms with Crippen LogP contribution in [0.3, 0.4) is 0 Å². The van der Waals surface area contributed by atoms with E-state index in [0.29, 0.717) is 0 Å². The van der Waals surface area contributed by atoms with Gasteiger partial charge in [0.2, 0.25) is 0 Å². The smallest absolute Gasteiger partial charge is 0.154 e. The van der Waals surface area contributed by atoms with Crippen molar-refractivity contribution < 1.29 is 0 Å². The van der Waals surface area contributed by atoms with Crippen molar-refractivity contribution >= 4 is 11.6 Å². The number of rotatable bonds is 4. The maximum atomic E-state index is 4.70. The molecular weight excluding hydrogens is 384 g/mol. The van der Waals surface area contributed by atoms with Crippen LogP contribution in [0.5, 0.6) is 0 Å². The summed E-state index contributed by atoms with van der Waals surface area (Å²) in [7, 11) is 0. The van der Waals surface area contributed by atoms with Gasteiger partial charge in [0.25, 0.3) is 0 Å². The molecule has 0 amide bonds. The van der Waals surface area contributed by atoms with Crippen molar-refractivity contribution in [1.29, 1.82) is 0 Å². The van der Waals surface area contributed by atoms with E-state index in [9.17, 15) is 0 Å². The minimum atomic E-state index is 0.882. The fourth-order valence-electron chi connectivity index (χ4n) is 4.17. The second kappa shape index (κ2) is 8.52. The number of pyridine rings is 2. The van der Waals surface area contributed by atoms with Gasteiger partial charge in [-0.25, -0.2) is 4.98 Å². The van der Waals surface area contributed by atoms with Crippen LogP contribution in [0.4, 0.5) is 11.6 Å². The second-order valence-electron chi connectivity index (χ2n) is 7.64. The molecule has 0 aliphatic carbocycles. The van der Waals surface area contributed by atoms with E-state index in [0.717, 1.165) is 65.8 Å². The Balaban J connectivity index is 1.50. The van der Waals surface area contributed by atoms with E-state index in [1.165, 1.54) is 0 Å². The van der Waals surface area contributed by atoms with Crippen LogP contribution < -0.4 is 9.80 Å². The lowest BCUT2D eigenvalue weighted by Gasteiger charge is -2.36. The van der Waals surface area contributed by atoms with Gasteiger partial charge in [0.1, 0.15) is 11.5 Å². The van der Waals surface area contributed by atoms with Gasteiger partial charge in [0, 0.05) is 61.5 Å². The van der Waals surface area contributed by atoms with Gasteiger partial charge in [-0.2, -0.15) is 0 Å². The number of piperazine rings is 1. The zero-order valence-corrected chi connectivity index (χ0v) is 17.5. The molecule has 3 aromatic heterocycles. The van der Waals surface area contributed by atoms with Gasteiger partial charge in [0.05, 0.1) is 0 Å². The highest BCUT2D eigenvalue weighted by atomic mass is 15.3. The van der Waals surface area contributed by atoms with Crippen molar-refractivity contribution in [1.82, 2.24) is 20.2 Å². The number of benzene rings is 1. The third kappa shape index (κ3) is 3.84. The Bertz CT molecular complexity index is 1140. The van der Waals surface area contributed by atoms with Crippen molar-refractivity contribution in [3.05, 3.63) is 84.8 Å². The summed E-state index contributed by atoms with van der Waals surface area (Å²) in [5.41, 5.74) is 5.34. The lowest BCUT2D eigenvalue weighted by molar-refractivity contribution is 0.637. The number of hydrogen-bond donors (Lipinski definition) is 0. The molecular formula is C25H24N6. The average Bonchev–Trinajstić information content (AvgIpc) is 2.85. The quantitative estimate of drug-likeness (QED) is 0.504. The first-order valence-electron chi connectivity index (χ1n) is 10.6. The fraction of sp³-hybridized carbons (Fsp3) is 0.200. The lowest BCUT2D eigenvalue weighted by atomic mass is 9.96. The summed E-state index contributed by atoms with van der Waals surface area (Å²) >= 11 is 0. The van der Waals surface area contributed by atoms with E-state index in [4.69, 9.17) is 5.10 Å². The fourth-order valence-corrected chi connectivity index (χ4v) is 4.17. The van der Waals surface area contributed by atoms with E-state index < -0.39 is 0 Å². The van der Waals surface area contributed by atoms with Crippen LogP contribution in [0.1, 0.15) is 5.56 Å². The van der Waals surface area contributed by atoms with Gasteiger partial charge in [0.15, 0.2) is 5.82 Å². The van der Waals surface area contributed by atoms with E-state index in [2.05, 4.69) is 50.0 Å². The summed E-state index contributed by atoms with van der Waals surface area (Å²) < 4.78 is 0. The maximum absolute atomic E-state index is 4.70. The highest BCUT2D eigenvalue weighted by Gasteiger charge is 2.24. The van der Waals surface area contributed by atoms with Crippen LogP contribution in [0.2, 0.25) is 0 Å². The molecule has 1 fully saturated rings. The molecule has 1 saturated heterocycles. The molecule has 0 N–H and O–H groups in total. The molecule has 0 spiro atoms. The lowest BCUT2D eigenvalue weighted by Crippen LogP contribution is -2.47. The predicted octanol–water partition coefficient (Wildman–Crippen LogP) is 4.24. The normalized spacial score (nSPS) is 14.0. The van der Waals surface area contributed by atoms with Gasteiger partial charge >= 0.3 is 0 Å². The van der Waals surface area contributed by atoms with Crippen molar-refractivity contribution in [3.8, 4) is 22.4 Å². The first kappa shape index (κ1) is 19.2. The number of nitrogens with zero attached hydrogens (tertiary/aromatic N) is 6. The third-order valence-corrected chi connectivity index (χ3v) is 5.76. The van der Waals surface area contributed by atoms with Crippen molar-refractivity contribution in [2.75, 3.05) is 36.0 Å². The Hall–Kier alpha value is -3.80. The van der Waals surface area contributed by atoms with Crippen LogP contribution >= 0.6 is 0 Å². The molecule has 1 aliphatic rings. The summed E-state index contributed by atoms with van der Waals surface area (Å²) in [4.78, 5) is 13.3. The van der Waals surface area contributed by atoms with Crippen molar-refractivity contribution in [2.45, 2.75) is 6.92 Å². The maximum Gasteiger partial charge on any atom is 0.154 e. The van der Waals surface area contributed by atoms with Crippen LogP contribution in [0.25, 0.3) is 22.4 Å². The van der Waals surface area contributed by atoms with Crippen molar-refractivity contribution in [3.63, 3.8) is 0 Å². The Kier molecular flexibility index (Phi) is 5.27. The van der Waals surface area contributed by atoms with Gasteiger partial charge in [-0.3, -0.25) is 4.98 Å². The Morgan fingerprint density at radius 3 is 2.10 bits per heavy atom. The Morgan fingerprint density at radius 2 is 1.39 bits per heavy atom. The largest absolute Gasteiger partial charge is 0.353 e. The minimum absolute atomic E-state index is 0.882. The summed E-state index contributed by atoms with van der Waals surface area (Å²) in [6.07, 6.45) is 5.51. The molecule has 4 heterocycles. The summed E-state index contributed by atoms with van der Waals surface area (Å²) in [6, 6.07) is 20.4. The molecule has 0 unspecified atom stereocenters. The zero-order valence-electron chi connectivity index (χ0n) is 17.5. The van der Waals surface area contributed by atoms with Gasteiger partial charge in [-0.05, 0) is 36.8 Å². The molecule has 5 rings (SSSR count). The van der Waals surface area contributed by atoms with Crippen LogP contribution in [0.15, 0.2) is 79.3 Å². The summed E-state index contributed by atoms with van der Waals surface area (Å²) in [6.45, 7) is 5.72.